The summed E-state index contributed by atoms with van der Waals surface area (Å²) >= 11 is 0. The zero-order valence-corrected chi connectivity index (χ0v) is 13.6. The van der Waals surface area contributed by atoms with E-state index >= 15 is 0 Å². The minimum atomic E-state index is -2.96. The van der Waals surface area contributed by atoms with E-state index in [4.69, 9.17) is 0 Å². The lowest BCUT2D eigenvalue weighted by Crippen LogP contribution is -2.49. The smallest absolute Gasteiger partial charge is 0.237 e. The van der Waals surface area contributed by atoms with E-state index in [-0.39, 0.29) is 29.5 Å². The Kier molecular flexibility index (Phi) is 4.23. The molecule has 1 aromatic rings. The number of hydrogen-bond donors (Lipinski definition) is 1. The van der Waals surface area contributed by atoms with E-state index in [1.165, 1.54) is 11.1 Å². The summed E-state index contributed by atoms with van der Waals surface area (Å²) in [4.78, 5) is 14.5. The molecule has 0 unspecified atom stereocenters. The monoisotopic (exact) mass is 322 g/mol. The molecule has 1 aromatic carbocycles. The van der Waals surface area contributed by atoms with Crippen LogP contribution in [0.15, 0.2) is 24.3 Å². The van der Waals surface area contributed by atoms with Crippen molar-refractivity contribution in [1.29, 1.82) is 0 Å². The predicted molar refractivity (Wildman–Crippen MR) is 85.2 cm³/mol. The number of rotatable bonds is 3. The van der Waals surface area contributed by atoms with Gasteiger partial charge >= 0.3 is 0 Å². The molecular weight excluding hydrogens is 300 g/mol. The fourth-order valence-electron chi connectivity index (χ4n) is 3.24. The fraction of sp³-hybridized carbons (Fsp3) is 0.562. The second-order valence-corrected chi connectivity index (χ2v) is 8.50. The molecule has 0 spiro atoms. The summed E-state index contributed by atoms with van der Waals surface area (Å²) in [5.41, 5.74) is 2.63. The average Bonchev–Trinajstić information content (AvgIpc) is 2.84. The van der Waals surface area contributed by atoms with Crippen LogP contribution in [0.3, 0.4) is 0 Å². The zero-order valence-electron chi connectivity index (χ0n) is 12.8. The number of benzene rings is 1. The standard InChI is InChI=1S/C16H22N2O3S/c1-12(16(19)17-15-7-9-22(20,21)11-15)18-8-6-13-4-2-3-5-14(13)10-18/h2-5,12,15H,6-11H2,1H3,(H,17,19)/t12-,15+/m0/s1. The van der Waals surface area contributed by atoms with Gasteiger partial charge in [0.05, 0.1) is 17.5 Å². The number of carbonyl (C=O) groups excluding carboxylic acids is 1. The Bertz CT molecular complexity index is 672. The summed E-state index contributed by atoms with van der Waals surface area (Å²) in [5, 5.41) is 2.90. The van der Waals surface area contributed by atoms with Crippen molar-refractivity contribution in [1.82, 2.24) is 10.2 Å². The number of hydrogen-bond acceptors (Lipinski definition) is 4. The molecule has 120 valence electrons. The maximum Gasteiger partial charge on any atom is 0.237 e. The minimum Gasteiger partial charge on any atom is -0.351 e. The van der Waals surface area contributed by atoms with E-state index in [0.717, 1.165) is 19.5 Å². The Hall–Kier alpha value is -1.40. The van der Waals surface area contributed by atoms with Crippen LogP contribution in [0.25, 0.3) is 0 Å². The van der Waals surface area contributed by atoms with Crippen LogP contribution >= 0.6 is 0 Å². The normalized spacial score (nSPS) is 25.4. The minimum absolute atomic E-state index is 0.0681. The van der Waals surface area contributed by atoms with Crippen molar-refractivity contribution < 1.29 is 13.2 Å². The first-order valence-electron chi connectivity index (χ1n) is 7.76. The second-order valence-electron chi connectivity index (χ2n) is 6.27. The maximum absolute atomic E-state index is 12.4. The number of carbonyl (C=O) groups is 1. The summed E-state index contributed by atoms with van der Waals surface area (Å²) in [6.45, 7) is 3.52. The Morgan fingerprint density at radius 2 is 2.05 bits per heavy atom. The first kappa shape index (κ1) is 15.5. The average molecular weight is 322 g/mol. The highest BCUT2D eigenvalue weighted by Crippen LogP contribution is 2.20. The molecule has 0 bridgehead atoms. The van der Waals surface area contributed by atoms with Crippen LogP contribution in [0.5, 0.6) is 0 Å². The van der Waals surface area contributed by atoms with Gasteiger partial charge < -0.3 is 5.32 Å². The van der Waals surface area contributed by atoms with Crippen LogP contribution in [0.4, 0.5) is 0 Å². The van der Waals surface area contributed by atoms with Gasteiger partial charge in [0.1, 0.15) is 0 Å². The molecule has 2 aliphatic rings. The molecule has 6 heteroatoms. The highest BCUT2D eigenvalue weighted by Gasteiger charge is 2.31. The maximum atomic E-state index is 12.4. The summed E-state index contributed by atoms with van der Waals surface area (Å²) in [6.07, 6.45) is 1.48. The van der Waals surface area contributed by atoms with E-state index in [0.29, 0.717) is 6.42 Å². The lowest BCUT2D eigenvalue weighted by atomic mass is 9.98. The molecule has 1 N–H and O–H groups in total. The first-order chi connectivity index (χ1) is 10.4. The van der Waals surface area contributed by atoms with Gasteiger partial charge in [-0.2, -0.15) is 0 Å². The zero-order chi connectivity index (χ0) is 15.7. The number of nitrogens with zero attached hydrogens (tertiary/aromatic N) is 1. The molecule has 2 atom stereocenters. The molecule has 2 heterocycles. The van der Waals surface area contributed by atoms with Gasteiger partial charge in [-0.15, -0.1) is 0 Å². The van der Waals surface area contributed by atoms with E-state index in [1.54, 1.807) is 0 Å². The third kappa shape index (κ3) is 3.33. The molecule has 5 nitrogen and oxygen atoms in total. The summed E-state index contributed by atoms with van der Waals surface area (Å²) in [5.74, 6) is 0.194. The highest BCUT2D eigenvalue weighted by molar-refractivity contribution is 7.91. The molecule has 1 saturated heterocycles. The molecule has 0 radical (unpaired) electrons. The summed E-state index contributed by atoms with van der Waals surface area (Å²) in [7, 11) is -2.96. The highest BCUT2D eigenvalue weighted by atomic mass is 32.2. The van der Waals surface area contributed by atoms with E-state index < -0.39 is 9.84 Å². The molecule has 3 rings (SSSR count). The van der Waals surface area contributed by atoms with Crippen molar-refractivity contribution in [3.05, 3.63) is 35.4 Å². The number of amides is 1. The van der Waals surface area contributed by atoms with Crippen molar-refractivity contribution in [3.63, 3.8) is 0 Å². The fourth-order valence-corrected chi connectivity index (χ4v) is 4.92. The second kappa shape index (κ2) is 6.01. The SMILES string of the molecule is C[C@@H](C(=O)N[C@@H]1CCS(=O)(=O)C1)N1CCc2ccccc2C1. The molecule has 1 amide bonds. The van der Waals surface area contributed by atoms with E-state index in [1.807, 2.05) is 19.1 Å². The van der Waals surface area contributed by atoms with Gasteiger partial charge in [-0.05, 0) is 30.9 Å². The Balaban J connectivity index is 1.60. The van der Waals surface area contributed by atoms with Crippen molar-refractivity contribution >= 4 is 15.7 Å². The van der Waals surface area contributed by atoms with Gasteiger partial charge in [0.25, 0.3) is 0 Å². The van der Waals surface area contributed by atoms with Crippen LogP contribution in [0.2, 0.25) is 0 Å². The topological polar surface area (TPSA) is 66.5 Å². The van der Waals surface area contributed by atoms with Gasteiger partial charge in [0, 0.05) is 19.1 Å². The predicted octanol–water partition coefficient (Wildman–Crippen LogP) is 0.737. The number of fused-ring (bicyclic) bond motifs is 1. The number of nitrogens with one attached hydrogen (secondary N) is 1. The van der Waals surface area contributed by atoms with Gasteiger partial charge in [-0.1, -0.05) is 24.3 Å². The third-order valence-electron chi connectivity index (χ3n) is 4.67. The van der Waals surface area contributed by atoms with Gasteiger partial charge in [0.2, 0.25) is 5.91 Å². The van der Waals surface area contributed by atoms with Crippen molar-refractivity contribution in [2.45, 2.75) is 38.4 Å². The summed E-state index contributed by atoms with van der Waals surface area (Å²) < 4.78 is 22.9. The molecule has 0 aliphatic carbocycles. The summed E-state index contributed by atoms with van der Waals surface area (Å²) in [6, 6.07) is 7.85. The van der Waals surface area contributed by atoms with Crippen molar-refractivity contribution in [2.24, 2.45) is 0 Å². The van der Waals surface area contributed by atoms with Crippen LogP contribution in [0.1, 0.15) is 24.5 Å². The van der Waals surface area contributed by atoms with Gasteiger partial charge in [-0.3, -0.25) is 9.69 Å². The van der Waals surface area contributed by atoms with Gasteiger partial charge in [-0.25, -0.2) is 8.42 Å². The molecule has 2 aliphatic heterocycles. The molecule has 0 saturated carbocycles. The lowest BCUT2D eigenvalue weighted by Gasteiger charge is -2.33. The molecular formula is C16H22N2O3S. The van der Waals surface area contributed by atoms with E-state index in [9.17, 15) is 13.2 Å². The largest absolute Gasteiger partial charge is 0.351 e. The van der Waals surface area contributed by atoms with Crippen LogP contribution in [-0.2, 0) is 27.6 Å². The third-order valence-corrected chi connectivity index (χ3v) is 6.43. The molecule has 0 aromatic heterocycles. The first-order valence-corrected chi connectivity index (χ1v) is 9.58. The molecule has 22 heavy (non-hydrogen) atoms. The van der Waals surface area contributed by atoms with Crippen LogP contribution in [-0.4, -0.2) is 49.4 Å². The Morgan fingerprint density at radius 3 is 2.73 bits per heavy atom. The van der Waals surface area contributed by atoms with Crippen LogP contribution < -0.4 is 5.32 Å². The van der Waals surface area contributed by atoms with Crippen LogP contribution in [0, 0.1) is 0 Å². The quantitative estimate of drug-likeness (QED) is 0.891. The van der Waals surface area contributed by atoms with Crippen molar-refractivity contribution in [2.75, 3.05) is 18.1 Å². The molecule has 1 fully saturated rings. The lowest BCUT2D eigenvalue weighted by molar-refractivity contribution is -0.126. The Labute approximate surface area is 131 Å². The van der Waals surface area contributed by atoms with Gasteiger partial charge in [0.15, 0.2) is 9.84 Å². The van der Waals surface area contributed by atoms with Crippen molar-refractivity contribution in [3.8, 4) is 0 Å². The number of sulfone groups is 1. The van der Waals surface area contributed by atoms with E-state index in [2.05, 4.69) is 22.3 Å². The Morgan fingerprint density at radius 1 is 1.32 bits per heavy atom.